The molecule has 0 heterocycles. The molecule has 0 aliphatic heterocycles. The smallest absolute Gasteiger partial charge is 0.150 e. The topological polar surface area (TPSA) is 17.1 Å². The largest absolute Gasteiger partial charge is 0.298 e. The molecule has 0 atom stereocenters. The van der Waals surface area contributed by atoms with Crippen molar-refractivity contribution < 1.29 is 4.79 Å². The first-order valence-electron chi connectivity index (χ1n) is 3.59. The summed E-state index contributed by atoms with van der Waals surface area (Å²) in [6.45, 7) is 0. The van der Waals surface area contributed by atoms with Crippen LogP contribution >= 0.6 is 39.5 Å². The van der Waals surface area contributed by atoms with Crippen LogP contribution in [0.4, 0.5) is 0 Å². The van der Waals surface area contributed by atoms with Crippen LogP contribution in [-0.2, 0) is 0 Å². The minimum absolute atomic E-state index is 0.717. The summed E-state index contributed by atoms with van der Waals surface area (Å²) in [6, 6.07) is 3.76. The molecule has 0 aromatic heterocycles. The van der Waals surface area contributed by atoms with Gasteiger partial charge >= 0.3 is 0 Å². The van der Waals surface area contributed by atoms with Gasteiger partial charge in [0.05, 0.1) is 0 Å². The van der Waals surface area contributed by atoms with E-state index in [9.17, 15) is 4.79 Å². The highest BCUT2D eigenvalue weighted by Crippen LogP contribution is 2.35. The van der Waals surface area contributed by atoms with E-state index in [4.69, 9.17) is 0 Å². The summed E-state index contributed by atoms with van der Waals surface area (Å²) >= 11 is 6.78. The normalized spacial score (nSPS) is 10.1. The predicted octanol–water partition coefficient (Wildman–Crippen LogP) is 3.71. The molecule has 0 unspecified atom stereocenters. The van der Waals surface area contributed by atoms with Crippen LogP contribution in [-0.4, -0.2) is 18.8 Å². The molecule has 1 aromatic rings. The molecule has 1 nitrogen and oxygen atoms in total. The van der Waals surface area contributed by atoms with Crippen molar-refractivity contribution in [2.24, 2.45) is 0 Å². The van der Waals surface area contributed by atoms with Gasteiger partial charge in [-0.15, -0.1) is 23.5 Å². The van der Waals surface area contributed by atoms with Crippen molar-refractivity contribution in [2.75, 3.05) is 12.5 Å². The van der Waals surface area contributed by atoms with Gasteiger partial charge in [-0.25, -0.2) is 0 Å². The third kappa shape index (κ3) is 2.51. The van der Waals surface area contributed by atoms with Gasteiger partial charge in [0.1, 0.15) is 6.29 Å². The number of thioether (sulfide) groups is 2. The molecule has 0 saturated carbocycles. The summed E-state index contributed by atoms with van der Waals surface area (Å²) in [5.74, 6) is 0. The Kier molecular flexibility index (Phi) is 4.35. The Hall–Kier alpha value is 0.0700. The van der Waals surface area contributed by atoms with Crippen LogP contribution in [0.1, 0.15) is 10.4 Å². The average molecular weight is 277 g/mol. The molecule has 0 aliphatic rings. The quantitative estimate of drug-likeness (QED) is 0.619. The molecule has 1 aromatic carbocycles. The van der Waals surface area contributed by atoms with Gasteiger partial charge in [-0.2, -0.15) is 0 Å². The average Bonchev–Trinajstić information content (AvgIpc) is 2.16. The first kappa shape index (κ1) is 11.1. The van der Waals surface area contributed by atoms with Crippen LogP contribution in [0.15, 0.2) is 26.4 Å². The van der Waals surface area contributed by atoms with Crippen molar-refractivity contribution >= 4 is 45.7 Å². The fourth-order valence-corrected chi connectivity index (χ4v) is 3.66. The van der Waals surface area contributed by atoms with Gasteiger partial charge in [0, 0.05) is 19.8 Å². The van der Waals surface area contributed by atoms with E-state index >= 15 is 0 Å². The third-order valence-electron chi connectivity index (χ3n) is 1.59. The van der Waals surface area contributed by atoms with Gasteiger partial charge in [-0.05, 0) is 40.6 Å². The molecule has 0 fully saturated rings. The van der Waals surface area contributed by atoms with Crippen molar-refractivity contribution in [3.63, 3.8) is 0 Å². The second kappa shape index (κ2) is 5.08. The number of hydrogen-bond donors (Lipinski definition) is 0. The fraction of sp³-hybridized carbons (Fsp3) is 0.222. The Balaban J connectivity index is 3.28. The van der Waals surface area contributed by atoms with Crippen LogP contribution in [0.2, 0.25) is 0 Å². The van der Waals surface area contributed by atoms with E-state index in [1.165, 1.54) is 4.90 Å². The Morgan fingerprint density at radius 1 is 1.31 bits per heavy atom. The van der Waals surface area contributed by atoms with E-state index < -0.39 is 0 Å². The van der Waals surface area contributed by atoms with Crippen molar-refractivity contribution in [1.29, 1.82) is 0 Å². The first-order valence-corrected chi connectivity index (χ1v) is 6.84. The van der Waals surface area contributed by atoms with Crippen LogP contribution in [0.3, 0.4) is 0 Å². The van der Waals surface area contributed by atoms with E-state index in [2.05, 4.69) is 15.9 Å². The molecule has 13 heavy (non-hydrogen) atoms. The summed E-state index contributed by atoms with van der Waals surface area (Å²) in [7, 11) is 0. The van der Waals surface area contributed by atoms with Gasteiger partial charge < -0.3 is 0 Å². The highest BCUT2D eigenvalue weighted by Gasteiger charge is 2.06. The van der Waals surface area contributed by atoms with E-state index in [0.717, 1.165) is 15.7 Å². The standard InChI is InChI=1S/C9H9BrOS2/c1-12-8-4-6(5-11)3-7(10)9(8)13-2/h3-5H,1-2H3. The fourth-order valence-electron chi connectivity index (χ4n) is 1.01. The maximum Gasteiger partial charge on any atom is 0.150 e. The molecule has 1 rings (SSSR count). The second-order valence-electron chi connectivity index (χ2n) is 2.36. The van der Waals surface area contributed by atoms with Crippen molar-refractivity contribution in [3.8, 4) is 0 Å². The first-order chi connectivity index (χ1) is 6.22. The number of carbonyl (C=O) groups excluding carboxylic acids is 1. The van der Waals surface area contributed by atoms with Gasteiger partial charge in [0.15, 0.2) is 0 Å². The number of aldehydes is 1. The number of rotatable bonds is 3. The monoisotopic (exact) mass is 276 g/mol. The minimum atomic E-state index is 0.717. The van der Waals surface area contributed by atoms with Gasteiger partial charge in [-0.1, -0.05) is 0 Å². The third-order valence-corrected chi connectivity index (χ3v) is 4.22. The zero-order chi connectivity index (χ0) is 9.84. The molecule has 0 N–H and O–H groups in total. The number of carbonyl (C=O) groups is 1. The molecule has 0 bridgehead atoms. The van der Waals surface area contributed by atoms with Gasteiger partial charge in [-0.3, -0.25) is 4.79 Å². The lowest BCUT2D eigenvalue weighted by atomic mass is 10.2. The molecule has 0 amide bonds. The Morgan fingerprint density at radius 3 is 2.46 bits per heavy atom. The maximum atomic E-state index is 10.6. The molecule has 70 valence electrons. The van der Waals surface area contributed by atoms with Gasteiger partial charge in [0.2, 0.25) is 0 Å². The van der Waals surface area contributed by atoms with Crippen molar-refractivity contribution in [3.05, 3.63) is 22.2 Å². The second-order valence-corrected chi connectivity index (χ2v) is 4.87. The highest BCUT2D eigenvalue weighted by molar-refractivity contribution is 9.10. The zero-order valence-electron chi connectivity index (χ0n) is 7.33. The molecular weight excluding hydrogens is 268 g/mol. The Morgan fingerprint density at radius 2 is 2.00 bits per heavy atom. The molecule has 0 saturated heterocycles. The lowest BCUT2D eigenvalue weighted by Gasteiger charge is -2.07. The number of benzene rings is 1. The number of halogens is 1. The van der Waals surface area contributed by atoms with E-state index in [1.807, 2.05) is 24.6 Å². The summed E-state index contributed by atoms with van der Waals surface area (Å²) < 4.78 is 0.994. The Labute approximate surface area is 94.8 Å². The SMILES string of the molecule is CSc1cc(C=O)cc(Br)c1SC. The van der Waals surface area contributed by atoms with Crippen molar-refractivity contribution in [1.82, 2.24) is 0 Å². The molecule has 0 radical (unpaired) electrons. The molecule has 0 spiro atoms. The Bertz CT molecular complexity index is 326. The van der Waals surface area contributed by atoms with Crippen LogP contribution in [0.5, 0.6) is 0 Å². The van der Waals surface area contributed by atoms with Crippen molar-refractivity contribution in [2.45, 2.75) is 9.79 Å². The van der Waals surface area contributed by atoms with Crippen LogP contribution in [0.25, 0.3) is 0 Å². The highest BCUT2D eigenvalue weighted by atomic mass is 79.9. The summed E-state index contributed by atoms with van der Waals surface area (Å²) in [4.78, 5) is 12.9. The van der Waals surface area contributed by atoms with E-state index in [-0.39, 0.29) is 0 Å². The maximum absolute atomic E-state index is 10.6. The minimum Gasteiger partial charge on any atom is -0.298 e. The molecular formula is C9H9BrOS2. The lowest BCUT2D eigenvalue weighted by Crippen LogP contribution is -1.85. The summed E-state index contributed by atoms with van der Waals surface area (Å²) in [5.41, 5.74) is 0.717. The summed E-state index contributed by atoms with van der Waals surface area (Å²) in [6.07, 6.45) is 4.91. The van der Waals surface area contributed by atoms with Gasteiger partial charge in [0.25, 0.3) is 0 Å². The van der Waals surface area contributed by atoms with E-state index in [0.29, 0.717) is 5.56 Å². The molecule has 4 heteroatoms. The van der Waals surface area contributed by atoms with E-state index in [1.54, 1.807) is 23.5 Å². The number of hydrogen-bond acceptors (Lipinski definition) is 3. The zero-order valence-corrected chi connectivity index (χ0v) is 10.6. The summed E-state index contributed by atoms with van der Waals surface area (Å²) in [5, 5.41) is 0. The predicted molar refractivity (Wildman–Crippen MR) is 63.1 cm³/mol. The van der Waals surface area contributed by atoms with Crippen LogP contribution < -0.4 is 0 Å². The van der Waals surface area contributed by atoms with Crippen LogP contribution in [0, 0.1) is 0 Å². The lowest BCUT2D eigenvalue weighted by molar-refractivity contribution is 0.112. The molecule has 0 aliphatic carbocycles.